The number of methoxy groups -OCH3 is 1. The van der Waals surface area contributed by atoms with Crippen LogP contribution in [0.2, 0.25) is 21.6 Å². The molecule has 2 unspecified atom stereocenters. The van der Waals surface area contributed by atoms with Gasteiger partial charge in [-0.1, -0.05) is 89.4 Å². The minimum Gasteiger partial charge on any atom is -0.468 e. The van der Waals surface area contributed by atoms with Crippen molar-refractivity contribution in [3.8, 4) is 34.5 Å². The van der Waals surface area contributed by atoms with Crippen LogP contribution in [0.4, 0.5) is 15.0 Å². The fourth-order valence-electron chi connectivity index (χ4n) is 11.4. The number of pyridine rings is 1. The van der Waals surface area contributed by atoms with Crippen LogP contribution < -0.4 is 14.4 Å². The number of amides is 1. The van der Waals surface area contributed by atoms with Crippen LogP contribution in [0.3, 0.4) is 0 Å². The molecule has 14 heteroatoms. The maximum Gasteiger partial charge on any atom is 0.410 e. The minimum absolute atomic E-state index is 0.00973. The Kier molecular flexibility index (Phi) is 12.8. The lowest BCUT2D eigenvalue weighted by Gasteiger charge is -2.42. The molecule has 4 aliphatic heterocycles. The van der Waals surface area contributed by atoms with Crippen LogP contribution in [-0.4, -0.2) is 109 Å². The predicted octanol–water partition coefficient (Wildman–Crippen LogP) is 11.1. The van der Waals surface area contributed by atoms with E-state index in [9.17, 15) is 4.79 Å². The largest absolute Gasteiger partial charge is 0.468 e. The number of aromatic nitrogens is 3. The van der Waals surface area contributed by atoms with Crippen molar-refractivity contribution in [1.82, 2.24) is 24.8 Å². The highest BCUT2D eigenvalue weighted by molar-refractivity contribution is 6.90. The third-order valence-corrected chi connectivity index (χ3v) is 20.7. The first-order valence-corrected chi connectivity index (χ1v) is 25.6. The van der Waals surface area contributed by atoms with Gasteiger partial charge in [-0.2, -0.15) is 9.97 Å². The lowest BCUT2D eigenvalue weighted by Crippen LogP contribution is -2.57. The molecular formula is C51H64ClFN6O5Si. The van der Waals surface area contributed by atoms with Crippen molar-refractivity contribution >= 4 is 53.3 Å². The number of carbonyl (C=O) groups excluding carboxylic acids is 1. The molecule has 0 saturated carbocycles. The van der Waals surface area contributed by atoms with E-state index in [0.717, 1.165) is 55.3 Å². The molecule has 0 spiro atoms. The molecule has 6 heterocycles. The van der Waals surface area contributed by atoms with E-state index >= 15 is 4.39 Å². The van der Waals surface area contributed by atoms with Crippen molar-refractivity contribution in [2.24, 2.45) is 0 Å². The second-order valence-corrected chi connectivity index (χ2v) is 26.6. The molecule has 346 valence electrons. The number of anilines is 1. The normalized spacial score (nSPS) is 19.8. The fraction of sp³-hybridized carbons (Fsp3) is 0.529. The van der Waals surface area contributed by atoms with Crippen LogP contribution in [0.15, 0.2) is 54.8 Å². The highest BCUT2D eigenvalue weighted by Crippen LogP contribution is 2.45. The van der Waals surface area contributed by atoms with E-state index in [1.807, 2.05) is 43.9 Å². The number of ether oxygens (including phenoxy) is 4. The number of hydrogen-bond donors (Lipinski definition) is 0. The Labute approximate surface area is 389 Å². The van der Waals surface area contributed by atoms with Gasteiger partial charge in [0.25, 0.3) is 0 Å². The topological polar surface area (TPSA) is 102 Å². The Morgan fingerprint density at radius 2 is 1.63 bits per heavy atom. The molecule has 1 amide bonds. The van der Waals surface area contributed by atoms with Gasteiger partial charge in [-0.15, -0.1) is 5.54 Å². The molecule has 65 heavy (non-hydrogen) atoms. The first-order valence-electron chi connectivity index (χ1n) is 23.0. The SMILES string of the molecule is C=C1CN2CC(=C)CC2(COc2nc(N3CC4CCC(C3)N4C(=O)OC(C)(C)C)c3cnc(-c4cc(OCOC)cc5ccc(Cl)c(C#C[Si](C(C)C)(C(C)C)C(C)C)c45)c(F)c3n2)C1. The molecule has 8 rings (SSSR count). The maximum absolute atomic E-state index is 18.0. The van der Waals surface area contributed by atoms with E-state index in [4.69, 9.17) is 45.5 Å². The summed E-state index contributed by atoms with van der Waals surface area (Å²) in [6, 6.07) is 7.23. The summed E-state index contributed by atoms with van der Waals surface area (Å²) < 4.78 is 41.8. The van der Waals surface area contributed by atoms with Crippen molar-refractivity contribution in [2.75, 3.05) is 51.6 Å². The third kappa shape index (κ3) is 8.72. The van der Waals surface area contributed by atoms with E-state index in [0.29, 0.717) is 68.2 Å². The lowest BCUT2D eigenvalue weighted by atomic mass is 9.92. The number of benzene rings is 2. The van der Waals surface area contributed by atoms with Gasteiger partial charge in [-0.3, -0.25) is 14.8 Å². The number of hydrogen-bond acceptors (Lipinski definition) is 10. The van der Waals surface area contributed by atoms with E-state index in [-0.39, 0.29) is 54.3 Å². The highest BCUT2D eigenvalue weighted by Gasteiger charge is 2.49. The van der Waals surface area contributed by atoms with Gasteiger partial charge in [0.15, 0.2) is 12.6 Å². The van der Waals surface area contributed by atoms with Crippen molar-refractivity contribution in [1.29, 1.82) is 0 Å². The number of piperazine rings is 1. The number of fused-ring (bicyclic) bond motifs is 5. The molecule has 0 radical (unpaired) electrons. The van der Waals surface area contributed by atoms with Gasteiger partial charge < -0.3 is 23.8 Å². The van der Waals surface area contributed by atoms with Gasteiger partial charge in [0.1, 0.15) is 43.1 Å². The first kappa shape index (κ1) is 46.8. The monoisotopic (exact) mass is 922 g/mol. The van der Waals surface area contributed by atoms with Crippen LogP contribution in [-0.2, 0) is 9.47 Å². The Balaban J connectivity index is 1.29. The van der Waals surface area contributed by atoms with Crippen molar-refractivity contribution in [2.45, 2.75) is 128 Å². The third-order valence-electron chi connectivity index (χ3n) is 14.1. The second-order valence-electron chi connectivity index (χ2n) is 20.6. The predicted molar refractivity (Wildman–Crippen MR) is 260 cm³/mol. The van der Waals surface area contributed by atoms with Gasteiger partial charge in [-0.25, -0.2) is 9.18 Å². The van der Waals surface area contributed by atoms with Crippen LogP contribution in [0, 0.1) is 17.3 Å². The smallest absolute Gasteiger partial charge is 0.410 e. The van der Waals surface area contributed by atoms with Gasteiger partial charge in [-0.05, 0) is 86.7 Å². The molecule has 2 atom stereocenters. The Morgan fingerprint density at radius 3 is 2.23 bits per heavy atom. The maximum atomic E-state index is 18.0. The molecule has 11 nitrogen and oxygen atoms in total. The molecule has 4 saturated heterocycles. The summed E-state index contributed by atoms with van der Waals surface area (Å²) in [5, 5.41) is 2.33. The number of rotatable bonds is 11. The summed E-state index contributed by atoms with van der Waals surface area (Å²) in [5.74, 6) is 3.92. The van der Waals surface area contributed by atoms with Crippen LogP contribution in [0.25, 0.3) is 32.9 Å². The average molecular weight is 924 g/mol. The molecule has 0 aliphatic carbocycles. The molecule has 2 aromatic carbocycles. The summed E-state index contributed by atoms with van der Waals surface area (Å²) in [7, 11) is -0.658. The second kappa shape index (κ2) is 17.8. The zero-order valence-electron chi connectivity index (χ0n) is 39.7. The Bertz CT molecular complexity index is 2560. The summed E-state index contributed by atoms with van der Waals surface area (Å²) in [6.07, 6.45) is 4.48. The first-order chi connectivity index (χ1) is 30.7. The van der Waals surface area contributed by atoms with Gasteiger partial charge >= 0.3 is 12.1 Å². The zero-order chi connectivity index (χ0) is 46.7. The van der Waals surface area contributed by atoms with Gasteiger partial charge in [0.05, 0.1) is 33.6 Å². The number of halogens is 2. The van der Waals surface area contributed by atoms with Gasteiger partial charge in [0.2, 0.25) is 0 Å². The molecule has 0 N–H and O–H groups in total. The number of carbonyl (C=O) groups is 1. The van der Waals surface area contributed by atoms with E-state index in [2.05, 4.69) is 76.0 Å². The van der Waals surface area contributed by atoms with Crippen LogP contribution in [0.1, 0.15) is 93.6 Å². The molecule has 4 aliphatic rings. The van der Waals surface area contributed by atoms with Crippen molar-refractivity contribution < 1.29 is 28.1 Å². The molecule has 4 aromatic rings. The quantitative estimate of drug-likeness (QED) is 0.0625. The van der Waals surface area contributed by atoms with Crippen molar-refractivity contribution in [3.05, 3.63) is 71.2 Å². The van der Waals surface area contributed by atoms with Crippen LogP contribution in [0.5, 0.6) is 11.8 Å². The molecule has 2 aromatic heterocycles. The van der Waals surface area contributed by atoms with Crippen LogP contribution >= 0.6 is 11.6 Å². The lowest BCUT2D eigenvalue weighted by molar-refractivity contribution is 0.0122. The summed E-state index contributed by atoms with van der Waals surface area (Å²) in [4.78, 5) is 34.6. The van der Waals surface area contributed by atoms with E-state index in [1.165, 1.54) is 0 Å². The van der Waals surface area contributed by atoms with Crippen molar-refractivity contribution in [3.63, 3.8) is 0 Å². The Morgan fingerprint density at radius 1 is 0.985 bits per heavy atom. The molecule has 2 bridgehead atoms. The Hall–Kier alpha value is -4.74. The van der Waals surface area contributed by atoms with Gasteiger partial charge in [0, 0.05) is 50.4 Å². The zero-order valence-corrected chi connectivity index (χ0v) is 41.5. The standard InChI is InChI=1S/C51H64ClFN6O5Si/c1-30(2)65(31(3)4,32(5)6)18-17-39-42(52)16-13-35-19-38(63-29-61-12)20-40(43(35)39)45-44(53)46-41(23-54-45)47(57-26-36-14-15-37(27-57)59(36)49(60)64-50(9,10)11)56-48(55-46)62-28-51-21-33(7)24-58(51)25-34(8)22-51/h13,16,19-20,23,30-32,36-37H,7-8,14-15,21-22,24-29H2,1-6,9-12H3. The highest BCUT2D eigenvalue weighted by atomic mass is 35.5. The summed E-state index contributed by atoms with van der Waals surface area (Å²) in [6.45, 7) is 30.6. The summed E-state index contributed by atoms with van der Waals surface area (Å²) >= 11 is 7.11. The minimum atomic E-state index is -2.21. The van der Waals surface area contributed by atoms with E-state index in [1.54, 1.807) is 19.4 Å². The molecular weight excluding hydrogens is 859 g/mol. The molecule has 4 fully saturated rings. The average Bonchev–Trinajstić information content (AvgIpc) is 3.80. The number of nitrogens with zero attached hydrogens (tertiary/aromatic N) is 6. The van der Waals surface area contributed by atoms with E-state index < -0.39 is 19.5 Å². The summed E-state index contributed by atoms with van der Waals surface area (Å²) in [5.41, 5.74) is 7.53. The fourth-order valence-corrected chi connectivity index (χ4v) is 16.8.